The number of carbonyl (C=O) groups excluding carboxylic acids is 1. The number of methoxy groups -OCH3 is 1. The number of nitrogens with one attached hydrogen (secondary N) is 2. The Morgan fingerprint density at radius 3 is 2.48 bits per heavy atom. The molecule has 1 unspecified atom stereocenters. The first-order chi connectivity index (χ1) is 9.80. The molecule has 1 atom stereocenters. The summed E-state index contributed by atoms with van der Waals surface area (Å²) in [5.41, 5.74) is 0.281. The number of benzene rings is 1. The number of amides is 2. The number of carbonyl (C=O) groups is 1. The van der Waals surface area contributed by atoms with Gasteiger partial charge in [0.15, 0.2) is 0 Å². The summed E-state index contributed by atoms with van der Waals surface area (Å²) < 4.78 is 44.2. The minimum atomic E-state index is -4.76. The van der Waals surface area contributed by atoms with Crippen molar-refractivity contribution in [1.82, 2.24) is 5.32 Å². The highest BCUT2D eigenvalue weighted by atomic mass is 19.4. The van der Waals surface area contributed by atoms with E-state index in [0.717, 1.165) is 12.1 Å². The van der Waals surface area contributed by atoms with Gasteiger partial charge in [-0.1, -0.05) is 0 Å². The average molecular weight is 308 g/mol. The molecule has 0 spiro atoms. The molecule has 0 fully saturated rings. The quantitative estimate of drug-likeness (QED) is 0.747. The van der Waals surface area contributed by atoms with Crippen molar-refractivity contribution in [3.8, 4) is 5.75 Å². The molecule has 1 aromatic carbocycles. The molecule has 3 N–H and O–H groups in total. The van der Waals surface area contributed by atoms with Gasteiger partial charge in [-0.3, -0.25) is 0 Å². The zero-order chi connectivity index (χ0) is 15.9. The van der Waals surface area contributed by atoms with Crippen LogP contribution in [0.15, 0.2) is 24.3 Å². The third-order valence-corrected chi connectivity index (χ3v) is 2.20. The first-order valence-corrected chi connectivity index (χ1v) is 5.88. The topological polar surface area (TPSA) is 79.8 Å². The number of ether oxygens (including phenoxy) is 2. The van der Waals surface area contributed by atoms with Gasteiger partial charge in [0.1, 0.15) is 5.75 Å². The third kappa shape index (κ3) is 7.37. The second-order valence-electron chi connectivity index (χ2n) is 4.02. The molecule has 0 aliphatic heterocycles. The van der Waals surface area contributed by atoms with Gasteiger partial charge in [0.05, 0.1) is 12.7 Å². The van der Waals surface area contributed by atoms with Gasteiger partial charge in [0.2, 0.25) is 0 Å². The van der Waals surface area contributed by atoms with E-state index < -0.39 is 18.5 Å². The summed E-state index contributed by atoms with van der Waals surface area (Å²) in [5, 5.41) is 14.1. The second kappa shape index (κ2) is 7.70. The van der Waals surface area contributed by atoms with Crippen LogP contribution in [-0.4, -0.2) is 43.9 Å². The molecule has 0 aliphatic rings. The van der Waals surface area contributed by atoms with Crippen LogP contribution in [0.3, 0.4) is 0 Å². The normalized spacial score (nSPS) is 12.6. The number of anilines is 1. The molecule has 118 valence electrons. The predicted octanol–water partition coefficient (Wildman–Crippen LogP) is 1.71. The van der Waals surface area contributed by atoms with E-state index >= 15 is 0 Å². The van der Waals surface area contributed by atoms with E-state index in [4.69, 9.17) is 0 Å². The third-order valence-electron chi connectivity index (χ3n) is 2.20. The zero-order valence-corrected chi connectivity index (χ0v) is 11.1. The smallest absolute Gasteiger partial charge is 0.406 e. The van der Waals surface area contributed by atoms with E-state index in [2.05, 4.69) is 20.1 Å². The lowest BCUT2D eigenvalue weighted by Crippen LogP contribution is -2.36. The van der Waals surface area contributed by atoms with Gasteiger partial charge in [0, 0.05) is 19.3 Å². The predicted molar refractivity (Wildman–Crippen MR) is 68.0 cm³/mol. The Hall–Kier alpha value is -2.00. The summed E-state index contributed by atoms with van der Waals surface area (Å²) in [4.78, 5) is 11.4. The lowest BCUT2D eigenvalue weighted by atomic mass is 10.3. The standard InChI is InChI=1S/C12H15F3N2O4/c1-20-7-9(18)6-16-11(19)17-8-2-4-10(5-3-8)21-12(13,14)15/h2-5,9,18H,6-7H2,1H3,(H2,16,17,19). The molecular weight excluding hydrogens is 293 g/mol. The fraction of sp³-hybridized carbons (Fsp3) is 0.417. The van der Waals surface area contributed by atoms with Gasteiger partial charge < -0.3 is 25.2 Å². The minimum absolute atomic E-state index is 0.0189. The Morgan fingerprint density at radius 2 is 1.95 bits per heavy atom. The number of hydrogen-bond acceptors (Lipinski definition) is 4. The zero-order valence-electron chi connectivity index (χ0n) is 11.1. The lowest BCUT2D eigenvalue weighted by Gasteiger charge is -2.12. The molecule has 1 rings (SSSR count). The molecule has 9 heteroatoms. The van der Waals surface area contributed by atoms with Crippen molar-refractivity contribution in [1.29, 1.82) is 0 Å². The van der Waals surface area contributed by atoms with Crippen molar-refractivity contribution in [2.45, 2.75) is 12.5 Å². The van der Waals surface area contributed by atoms with Gasteiger partial charge in [-0.15, -0.1) is 13.2 Å². The largest absolute Gasteiger partial charge is 0.573 e. The highest BCUT2D eigenvalue weighted by Crippen LogP contribution is 2.23. The highest BCUT2D eigenvalue weighted by molar-refractivity contribution is 5.89. The van der Waals surface area contributed by atoms with E-state index in [-0.39, 0.29) is 24.6 Å². The van der Waals surface area contributed by atoms with E-state index in [1.165, 1.54) is 19.2 Å². The molecular formula is C12H15F3N2O4. The Kier molecular flexibility index (Phi) is 6.25. The maximum absolute atomic E-state index is 12.0. The molecule has 0 saturated heterocycles. The molecule has 0 saturated carbocycles. The Bertz CT molecular complexity index is 451. The van der Waals surface area contributed by atoms with Crippen LogP contribution in [0.2, 0.25) is 0 Å². The van der Waals surface area contributed by atoms with Gasteiger partial charge in [-0.2, -0.15) is 0 Å². The van der Waals surface area contributed by atoms with Gasteiger partial charge in [-0.25, -0.2) is 4.79 Å². The van der Waals surface area contributed by atoms with Crippen LogP contribution in [0.5, 0.6) is 5.75 Å². The number of rotatable bonds is 6. The molecule has 21 heavy (non-hydrogen) atoms. The number of halogens is 3. The van der Waals surface area contributed by atoms with E-state index in [1.54, 1.807) is 0 Å². The van der Waals surface area contributed by atoms with Crippen molar-refractivity contribution >= 4 is 11.7 Å². The first kappa shape index (κ1) is 17.1. The van der Waals surface area contributed by atoms with Crippen LogP contribution >= 0.6 is 0 Å². The molecule has 0 aromatic heterocycles. The average Bonchev–Trinajstić information content (AvgIpc) is 2.37. The van der Waals surface area contributed by atoms with Crippen LogP contribution < -0.4 is 15.4 Å². The van der Waals surface area contributed by atoms with Crippen molar-refractivity contribution in [2.24, 2.45) is 0 Å². The summed E-state index contributed by atoms with van der Waals surface area (Å²) in [7, 11) is 1.41. The number of hydrogen-bond donors (Lipinski definition) is 3. The number of aliphatic hydroxyl groups excluding tert-OH is 1. The first-order valence-electron chi connectivity index (χ1n) is 5.88. The van der Waals surface area contributed by atoms with E-state index in [0.29, 0.717) is 0 Å². The van der Waals surface area contributed by atoms with Crippen molar-refractivity contribution in [3.63, 3.8) is 0 Å². The van der Waals surface area contributed by atoms with Gasteiger partial charge in [0.25, 0.3) is 0 Å². The van der Waals surface area contributed by atoms with Crippen molar-refractivity contribution in [2.75, 3.05) is 25.6 Å². The summed E-state index contributed by atoms with van der Waals surface area (Å²) in [6.45, 7) is 0.0543. The monoisotopic (exact) mass is 308 g/mol. The molecule has 0 radical (unpaired) electrons. The van der Waals surface area contributed by atoms with Gasteiger partial charge in [-0.05, 0) is 24.3 Å². The van der Waals surface area contributed by atoms with Crippen LogP contribution in [0.1, 0.15) is 0 Å². The van der Waals surface area contributed by atoms with E-state index in [9.17, 15) is 23.1 Å². The second-order valence-corrected chi connectivity index (χ2v) is 4.02. The maximum Gasteiger partial charge on any atom is 0.573 e. The number of aliphatic hydroxyl groups is 1. The minimum Gasteiger partial charge on any atom is -0.406 e. The molecule has 2 amide bonds. The van der Waals surface area contributed by atoms with E-state index in [1.807, 2.05) is 0 Å². The molecule has 6 nitrogen and oxygen atoms in total. The fourth-order valence-electron chi connectivity index (χ4n) is 1.38. The van der Waals surface area contributed by atoms with Crippen molar-refractivity contribution < 1.29 is 32.5 Å². The van der Waals surface area contributed by atoms with Crippen LogP contribution in [-0.2, 0) is 4.74 Å². The summed E-state index contributed by atoms with van der Waals surface area (Å²) >= 11 is 0. The number of urea groups is 1. The summed E-state index contributed by atoms with van der Waals surface area (Å²) in [6.07, 6.45) is -5.60. The molecule has 0 aliphatic carbocycles. The molecule has 0 heterocycles. The Morgan fingerprint density at radius 1 is 1.33 bits per heavy atom. The molecule has 0 bridgehead atoms. The Balaban J connectivity index is 2.43. The highest BCUT2D eigenvalue weighted by Gasteiger charge is 2.30. The van der Waals surface area contributed by atoms with Crippen LogP contribution in [0, 0.1) is 0 Å². The summed E-state index contributed by atoms with van der Waals surface area (Å²) in [6, 6.07) is 4.05. The SMILES string of the molecule is COCC(O)CNC(=O)Nc1ccc(OC(F)(F)F)cc1. The van der Waals surface area contributed by atoms with Crippen molar-refractivity contribution in [3.05, 3.63) is 24.3 Å². The fourth-order valence-corrected chi connectivity index (χ4v) is 1.38. The lowest BCUT2D eigenvalue weighted by molar-refractivity contribution is -0.274. The summed E-state index contributed by atoms with van der Waals surface area (Å²) in [5.74, 6) is -0.385. The molecule has 1 aromatic rings. The number of alkyl halides is 3. The van der Waals surface area contributed by atoms with Gasteiger partial charge >= 0.3 is 12.4 Å². The van der Waals surface area contributed by atoms with Crippen LogP contribution in [0.4, 0.5) is 23.7 Å². The maximum atomic E-state index is 12.0. The van der Waals surface area contributed by atoms with Crippen LogP contribution in [0.25, 0.3) is 0 Å². The Labute approximate surface area is 118 Å².